The minimum absolute atomic E-state index is 0.0440. The summed E-state index contributed by atoms with van der Waals surface area (Å²) in [6.07, 6.45) is 0. The van der Waals surface area contributed by atoms with E-state index in [0.29, 0.717) is 6.54 Å². The fourth-order valence-corrected chi connectivity index (χ4v) is 2.14. The summed E-state index contributed by atoms with van der Waals surface area (Å²) in [7, 11) is 0. The fourth-order valence-electron chi connectivity index (χ4n) is 1.41. The second-order valence-corrected chi connectivity index (χ2v) is 5.82. The van der Waals surface area contributed by atoms with Gasteiger partial charge in [0.2, 0.25) is 0 Å². The van der Waals surface area contributed by atoms with E-state index in [1.165, 1.54) is 6.07 Å². The summed E-state index contributed by atoms with van der Waals surface area (Å²) in [6.45, 7) is 3.95. The van der Waals surface area contributed by atoms with E-state index < -0.39 is 24.0 Å². The van der Waals surface area contributed by atoms with Crippen LogP contribution in [0.4, 0.5) is 0 Å². The number of nitrogens with one attached hydrogen (secondary N) is 1. The van der Waals surface area contributed by atoms with Gasteiger partial charge < -0.3 is 20.0 Å². The number of carbonyl (C=O) groups excluding carboxylic acids is 2. The third-order valence-electron chi connectivity index (χ3n) is 2.39. The van der Waals surface area contributed by atoms with E-state index in [1.807, 2.05) is 13.8 Å². The highest BCUT2D eigenvalue weighted by atomic mass is 35.5. The van der Waals surface area contributed by atoms with Crippen molar-refractivity contribution in [1.29, 1.82) is 0 Å². The molecule has 0 spiro atoms. The summed E-state index contributed by atoms with van der Waals surface area (Å²) in [5.41, 5.74) is -0.481. The van der Waals surface area contributed by atoms with E-state index in [1.54, 1.807) is 0 Å². The highest BCUT2D eigenvalue weighted by Gasteiger charge is 2.18. The zero-order chi connectivity index (χ0) is 16.2. The molecule has 0 aliphatic rings. The molecule has 0 radical (unpaired) electrons. The fraction of sp³-hybridized carbons (Fsp3) is 0.385. The van der Waals surface area contributed by atoms with Gasteiger partial charge in [-0.2, -0.15) is 0 Å². The first kappa shape index (κ1) is 17.9. The van der Waals surface area contributed by atoms with E-state index in [9.17, 15) is 14.7 Å². The Morgan fingerprint density at radius 2 is 1.90 bits per heavy atom. The smallest absolute Gasteiger partial charge is 0.257 e. The first-order valence-electron chi connectivity index (χ1n) is 6.02. The van der Waals surface area contributed by atoms with Crippen LogP contribution >= 0.6 is 34.8 Å². The van der Waals surface area contributed by atoms with Gasteiger partial charge >= 0.3 is 0 Å². The number of carboxylic acid groups (broad SMARTS) is 1. The second kappa shape index (κ2) is 7.73. The normalized spacial score (nSPS) is 10.6. The number of rotatable bonds is 6. The Labute approximate surface area is 137 Å². The van der Waals surface area contributed by atoms with Gasteiger partial charge in [-0.05, 0) is 12.0 Å². The molecule has 1 rings (SSSR count). The highest BCUT2D eigenvalue weighted by Crippen LogP contribution is 2.38. The van der Waals surface area contributed by atoms with Gasteiger partial charge in [0.25, 0.3) is 5.91 Å². The maximum atomic E-state index is 11.6. The molecule has 5 nitrogen and oxygen atoms in total. The van der Waals surface area contributed by atoms with Gasteiger partial charge in [0, 0.05) is 6.54 Å². The van der Waals surface area contributed by atoms with Crippen LogP contribution in [0.3, 0.4) is 0 Å². The summed E-state index contributed by atoms with van der Waals surface area (Å²) in [4.78, 5) is 22.7. The van der Waals surface area contributed by atoms with E-state index in [0.717, 1.165) is 0 Å². The van der Waals surface area contributed by atoms with Crippen molar-refractivity contribution in [3.8, 4) is 5.75 Å². The van der Waals surface area contributed by atoms with Crippen molar-refractivity contribution in [3.05, 3.63) is 26.7 Å². The number of halogens is 3. The molecule has 1 N–H and O–H groups in total. The molecule has 0 unspecified atom stereocenters. The topological polar surface area (TPSA) is 78.5 Å². The van der Waals surface area contributed by atoms with Crippen LogP contribution in [0.15, 0.2) is 6.07 Å². The molecule has 0 atom stereocenters. The monoisotopic (exact) mass is 352 g/mol. The SMILES string of the molecule is CC(C)CNC(=O)COc1c(Cl)cc(Cl)c(Cl)c1C(=O)[O-]. The summed E-state index contributed by atoms with van der Waals surface area (Å²) in [6, 6.07) is 1.24. The molecule has 0 heterocycles. The van der Waals surface area contributed by atoms with Crippen LogP contribution in [0.5, 0.6) is 5.75 Å². The minimum atomic E-state index is -1.60. The van der Waals surface area contributed by atoms with Crippen LogP contribution in [0.25, 0.3) is 0 Å². The molecular weight excluding hydrogens is 341 g/mol. The molecule has 0 aliphatic heterocycles. The zero-order valence-corrected chi connectivity index (χ0v) is 13.6. The lowest BCUT2D eigenvalue weighted by molar-refractivity contribution is -0.255. The predicted octanol–water partition coefficient (Wildman–Crippen LogP) is 2.16. The molecule has 1 aromatic carbocycles. The van der Waals surface area contributed by atoms with Crippen molar-refractivity contribution in [2.75, 3.05) is 13.2 Å². The van der Waals surface area contributed by atoms with Gasteiger partial charge in [-0.25, -0.2) is 0 Å². The Hall–Kier alpha value is -1.17. The third-order valence-corrected chi connectivity index (χ3v) is 3.45. The van der Waals surface area contributed by atoms with Gasteiger partial charge in [0.1, 0.15) is 5.75 Å². The molecule has 21 heavy (non-hydrogen) atoms. The first-order valence-corrected chi connectivity index (χ1v) is 7.15. The van der Waals surface area contributed by atoms with Crippen LogP contribution in [-0.4, -0.2) is 25.0 Å². The van der Waals surface area contributed by atoms with Gasteiger partial charge in [0.05, 0.1) is 26.6 Å². The first-order chi connectivity index (χ1) is 9.73. The number of hydrogen-bond acceptors (Lipinski definition) is 4. The molecule has 0 saturated heterocycles. The standard InChI is InChI=1S/C13H14Cl3NO4/c1-6(2)4-17-9(18)5-21-12-8(15)3-7(14)11(16)10(12)13(19)20/h3,6H,4-5H2,1-2H3,(H,17,18)(H,19,20)/p-1. The quantitative estimate of drug-likeness (QED) is 0.795. The number of benzene rings is 1. The second-order valence-electron chi connectivity index (χ2n) is 4.63. The third kappa shape index (κ3) is 4.95. The van der Waals surface area contributed by atoms with Crippen molar-refractivity contribution < 1.29 is 19.4 Å². The molecule has 0 saturated carbocycles. The Morgan fingerprint density at radius 1 is 1.29 bits per heavy atom. The number of aromatic carboxylic acids is 1. The maximum Gasteiger partial charge on any atom is 0.257 e. The van der Waals surface area contributed by atoms with Crippen molar-refractivity contribution >= 4 is 46.7 Å². The number of carboxylic acids is 1. The van der Waals surface area contributed by atoms with Gasteiger partial charge in [0.15, 0.2) is 6.61 Å². The van der Waals surface area contributed by atoms with E-state index in [-0.39, 0.29) is 26.7 Å². The lowest BCUT2D eigenvalue weighted by Crippen LogP contribution is -2.32. The lowest BCUT2D eigenvalue weighted by atomic mass is 10.2. The molecule has 8 heteroatoms. The van der Waals surface area contributed by atoms with Gasteiger partial charge in [-0.3, -0.25) is 4.79 Å². The van der Waals surface area contributed by atoms with E-state index in [4.69, 9.17) is 39.5 Å². The number of amides is 1. The van der Waals surface area contributed by atoms with Crippen LogP contribution in [0.1, 0.15) is 24.2 Å². The molecule has 0 bridgehead atoms. The van der Waals surface area contributed by atoms with Gasteiger partial charge in [-0.15, -0.1) is 0 Å². The Kier molecular flexibility index (Phi) is 6.58. The van der Waals surface area contributed by atoms with Crippen LogP contribution in [0, 0.1) is 5.92 Å². The highest BCUT2D eigenvalue weighted by molar-refractivity contribution is 6.45. The van der Waals surface area contributed by atoms with E-state index >= 15 is 0 Å². The number of hydrogen-bond donors (Lipinski definition) is 1. The largest absolute Gasteiger partial charge is 0.545 e. The van der Waals surface area contributed by atoms with Crippen molar-refractivity contribution in [2.45, 2.75) is 13.8 Å². The average molecular weight is 354 g/mol. The molecule has 0 aromatic heterocycles. The maximum absolute atomic E-state index is 11.6. The Balaban J connectivity index is 2.91. The molecule has 1 amide bonds. The Bertz CT molecular complexity index is 561. The van der Waals surface area contributed by atoms with Crippen LogP contribution < -0.4 is 15.2 Å². The lowest BCUT2D eigenvalue weighted by Gasteiger charge is -2.16. The van der Waals surface area contributed by atoms with Crippen LogP contribution in [0.2, 0.25) is 15.1 Å². The number of ether oxygens (including phenoxy) is 1. The summed E-state index contributed by atoms with van der Waals surface area (Å²) in [5.74, 6) is -1.97. The van der Waals surface area contributed by atoms with Crippen molar-refractivity contribution in [2.24, 2.45) is 5.92 Å². The summed E-state index contributed by atoms with van der Waals surface area (Å²) in [5, 5.41) is 13.4. The molecule has 0 fully saturated rings. The molecular formula is C13H13Cl3NO4-. The van der Waals surface area contributed by atoms with Crippen molar-refractivity contribution in [3.63, 3.8) is 0 Å². The average Bonchev–Trinajstić information content (AvgIpc) is 2.38. The molecule has 116 valence electrons. The number of carbonyl (C=O) groups is 2. The van der Waals surface area contributed by atoms with Crippen LogP contribution in [-0.2, 0) is 4.79 Å². The van der Waals surface area contributed by atoms with E-state index in [2.05, 4.69) is 5.32 Å². The predicted molar refractivity (Wildman–Crippen MR) is 79.1 cm³/mol. The van der Waals surface area contributed by atoms with Crippen molar-refractivity contribution in [1.82, 2.24) is 5.32 Å². The van der Waals surface area contributed by atoms with Gasteiger partial charge in [-0.1, -0.05) is 48.7 Å². The Morgan fingerprint density at radius 3 is 2.43 bits per heavy atom. The summed E-state index contributed by atoms with van der Waals surface area (Å²) >= 11 is 17.4. The summed E-state index contributed by atoms with van der Waals surface area (Å²) < 4.78 is 5.15. The zero-order valence-electron chi connectivity index (χ0n) is 11.3. The molecule has 1 aromatic rings. The minimum Gasteiger partial charge on any atom is -0.545 e. The molecule has 0 aliphatic carbocycles.